The molecule has 2 rings (SSSR count). The van der Waals surface area contributed by atoms with E-state index in [1.165, 1.54) is 13.2 Å². The van der Waals surface area contributed by atoms with Crippen LogP contribution in [0.25, 0.3) is 0 Å². The first-order valence-electron chi connectivity index (χ1n) is 6.21. The number of rotatable bonds is 5. The molecule has 0 N–H and O–H groups in total. The Kier molecular flexibility index (Phi) is 5.48. The highest BCUT2D eigenvalue weighted by Gasteiger charge is 2.31. The van der Waals surface area contributed by atoms with Crippen LogP contribution < -0.4 is 4.74 Å². The lowest BCUT2D eigenvalue weighted by molar-refractivity contribution is -0.137. The summed E-state index contributed by atoms with van der Waals surface area (Å²) in [6.07, 6.45) is -3.83. The zero-order chi connectivity index (χ0) is 17.0. The molecule has 0 saturated carbocycles. The highest BCUT2D eigenvalue weighted by Crippen LogP contribution is 2.33. The molecule has 0 saturated heterocycles. The number of carbonyl (C=O) groups is 1. The molecule has 0 fully saturated rings. The van der Waals surface area contributed by atoms with Gasteiger partial charge in [0, 0.05) is 12.3 Å². The van der Waals surface area contributed by atoms with Crippen molar-refractivity contribution < 1.29 is 22.7 Å². The Balaban J connectivity index is 2.07. The van der Waals surface area contributed by atoms with E-state index >= 15 is 0 Å². The number of hydrogen-bond acceptors (Lipinski definition) is 5. The number of thioether (sulfide) groups is 1. The van der Waals surface area contributed by atoms with Crippen molar-refractivity contribution >= 4 is 29.1 Å². The maximum atomic E-state index is 12.5. The lowest BCUT2D eigenvalue weighted by Crippen LogP contribution is -2.07. The van der Waals surface area contributed by atoms with Gasteiger partial charge in [-0.3, -0.25) is 4.79 Å². The summed E-state index contributed by atoms with van der Waals surface area (Å²) < 4.78 is 42.5. The van der Waals surface area contributed by atoms with Crippen LogP contribution in [0.3, 0.4) is 0 Å². The van der Waals surface area contributed by atoms with Crippen molar-refractivity contribution in [1.82, 2.24) is 9.97 Å². The Labute approximate surface area is 139 Å². The highest BCUT2D eigenvalue weighted by atomic mass is 35.5. The predicted molar refractivity (Wildman–Crippen MR) is 80.1 cm³/mol. The number of pyridine rings is 2. The summed E-state index contributed by atoms with van der Waals surface area (Å²) in [5.41, 5.74) is -0.743. The second kappa shape index (κ2) is 7.18. The number of ketones is 1. The number of aromatic nitrogens is 2. The van der Waals surface area contributed by atoms with E-state index in [1.807, 2.05) is 0 Å². The summed E-state index contributed by atoms with van der Waals surface area (Å²) in [5, 5.41) is -0.00728. The van der Waals surface area contributed by atoms with E-state index in [4.69, 9.17) is 16.3 Å². The zero-order valence-corrected chi connectivity index (χ0v) is 13.3. The maximum Gasteiger partial charge on any atom is 0.417 e. The molecular formula is C14H10ClF3N2O2S. The van der Waals surface area contributed by atoms with Gasteiger partial charge in [0.05, 0.1) is 23.4 Å². The van der Waals surface area contributed by atoms with Crippen LogP contribution in [0.5, 0.6) is 5.88 Å². The van der Waals surface area contributed by atoms with Crippen LogP contribution in [0.1, 0.15) is 16.1 Å². The zero-order valence-electron chi connectivity index (χ0n) is 11.7. The highest BCUT2D eigenvalue weighted by molar-refractivity contribution is 8.00. The Morgan fingerprint density at radius 3 is 2.74 bits per heavy atom. The molecule has 2 heterocycles. The second-order valence-electron chi connectivity index (χ2n) is 4.29. The van der Waals surface area contributed by atoms with Crippen LogP contribution in [0, 0.1) is 0 Å². The summed E-state index contributed by atoms with van der Waals surface area (Å²) >= 11 is 6.72. The molecule has 0 atom stereocenters. The van der Waals surface area contributed by atoms with E-state index in [9.17, 15) is 18.0 Å². The average molecular weight is 363 g/mol. The third kappa shape index (κ3) is 4.59. The van der Waals surface area contributed by atoms with Gasteiger partial charge >= 0.3 is 6.18 Å². The average Bonchev–Trinajstić information content (AvgIpc) is 2.52. The molecule has 0 aliphatic heterocycles. The van der Waals surface area contributed by atoms with Crippen molar-refractivity contribution in [3.05, 3.63) is 46.7 Å². The number of Topliss-reactive ketones (excluding diaryl/α,β-unsaturated/α-hetero) is 1. The van der Waals surface area contributed by atoms with Crippen molar-refractivity contribution in [2.24, 2.45) is 0 Å². The summed E-state index contributed by atoms with van der Waals surface area (Å²) in [4.78, 5) is 19.7. The number of nitrogens with zero attached hydrogens (tertiary/aromatic N) is 2. The van der Waals surface area contributed by atoms with E-state index in [0.29, 0.717) is 12.1 Å². The molecule has 0 unspecified atom stereocenters. The first-order valence-corrected chi connectivity index (χ1v) is 7.57. The largest absolute Gasteiger partial charge is 0.481 e. The molecule has 2 aromatic rings. The van der Waals surface area contributed by atoms with Crippen molar-refractivity contribution in [3.8, 4) is 5.88 Å². The van der Waals surface area contributed by atoms with E-state index < -0.39 is 11.7 Å². The monoisotopic (exact) mass is 362 g/mol. The molecule has 0 radical (unpaired) electrons. The fraction of sp³-hybridized carbons (Fsp3) is 0.214. The summed E-state index contributed by atoms with van der Waals surface area (Å²) in [6, 6.07) is 5.52. The number of alkyl halides is 3. The van der Waals surface area contributed by atoms with Crippen LogP contribution in [-0.4, -0.2) is 28.6 Å². The quantitative estimate of drug-likeness (QED) is 0.591. The number of ether oxygens (including phenoxy) is 1. The van der Waals surface area contributed by atoms with Crippen molar-refractivity contribution in [3.63, 3.8) is 0 Å². The summed E-state index contributed by atoms with van der Waals surface area (Å²) in [6.45, 7) is 0. The van der Waals surface area contributed by atoms with Gasteiger partial charge in [0.1, 0.15) is 10.7 Å². The fourth-order valence-corrected chi connectivity index (χ4v) is 2.65. The first-order chi connectivity index (χ1) is 10.8. The van der Waals surface area contributed by atoms with Gasteiger partial charge in [-0.1, -0.05) is 29.4 Å². The first kappa shape index (κ1) is 17.6. The normalized spacial score (nSPS) is 11.3. The molecule has 0 aromatic carbocycles. The standard InChI is InChI=1S/C14H10ClF3N2O2S/c1-22-12-4-2-3-10(20-12)11(21)7-23-13-9(15)5-8(6-19-13)14(16,17)18/h2-6H,7H2,1H3. The van der Waals surface area contributed by atoms with Crippen LogP contribution in [0.2, 0.25) is 5.02 Å². The third-order valence-electron chi connectivity index (χ3n) is 2.69. The van der Waals surface area contributed by atoms with Gasteiger partial charge < -0.3 is 4.74 Å². The lowest BCUT2D eigenvalue weighted by Gasteiger charge is -2.08. The fourth-order valence-electron chi connectivity index (χ4n) is 1.58. The molecule has 0 bridgehead atoms. The molecule has 0 spiro atoms. The van der Waals surface area contributed by atoms with Gasteiger partial charge in [-0.05, 0) is 12.1 Å². The van der Waals surface area contributed by atoms with Crippen LogP contribution in [0.4, 0.5) is 13.2 Å². The van der Waals surface area contributed by atoms with Crippen molar-refractivity contribution in [2.75, 3.05) is 12.9 Å². The van der Waals surface area contributed by atoms with Crippen LogP contribution in [-0.2, 0) is 6.18 Å². The number of halogens is 4. The minimum absolute atomic E-state index is 0.0573. The minimum Gasteiger partial charge on any atom is -0.481 e. The van der Waals surface area contributed by atoms with Gasteiger partial charge in [0.15, 0.2) is 5.78 Å². The molecule has 122 valence electrons. The van der Waals surface area contributed by atoms with Gasteiger partial charge in [-0.25, -0.2) is 9.97 Å². The molecule has 0 aliphatic rings. The van der Waals surface area contributed by atoms with Gasteiger partial charge in [0.25, 0.3) is 0 Å². The second-order valence-corrected chi connectivity index (χ2v) is 5.66. The number of carbonyl (C=O) groups excluding carboxylic acids is 1. The van der Waals surface area contributed by atoms with Crippen LogP contribution in [0.15, 0.2) is 35.5 Å². The van der Waals surface area contributed by atoms with Crippen molar-refractivity contribution in [2.45, 2.75) is 11.2 Å². The Bertz CT molecular complexity index is 725. The molecular weight excluding hydrogens is 353 g/mol. The maximum absolute atomic E-state index is 12.5. The Hall–Kier alpha value is -1.80. The molecule has 9 heteroatoms. The van der Waals surface area contributed by atoms with Crippen LogP contribution >= 0.6 is 23.4 Å². The Morgan fingerprint density at radius 2 is 2.13 bits per heavy atom. The minimum atomic E-state index is -4.51. The topological polar surface area (TPSA) is 52.1 Å². The lowest BCUT2D eigenvalue weighted by atomic mass is 10.3. The smallest absolute Gasteiger partial charge is 0.417 e. The SMILES string of the molecule is COc1cccc(C(=O)CSc2ncc(C(F)(F)F)cc2Cl)n1. The van der Waals surface area contributed by atoms with E-state index in [0.717, 1.165) is 17.8 Å². The molecule has 0 aliphatic carbocycles. The predicted octanol–water partition coefficient (Wildman–Crippen LogP) is 4.13. The van der Waals surface area contributed by atoms with Gasteiger partial charge in [-0.15, -0.1) is 0 Å². The molecule has 23 heavy (non-hydrogen) atoms. The molecule has 0 amide bonds. The number of hydrogen-bond donors (Lipinski definition) is 0. The molecule has 2 aromatic heterocycles. The van der Waals surface area contributed by atoms with E-state index in [1.54, 1.807) is 12.1 Å². The molecule has 4 nitrogen and oxygen atoms in total. The number of methoxy groups -OCH3 is 1. The van der Waals surface area contributed by atoms with E-state index in [-0.39, 0.29) is 27.3 Å². The Morgan fingerprint density at radius 1 is 1.39 bits per heavy atom. The van der Waals surface area contributed by atoms with Gasteiger partial charge in [0.2, 0.25) is 5.88 Å². The third-order valence-corrected chi connectivity index (χ3v) is 4.10. The van der Waals surface area contributed by atoms with Gasteiger partial charge in [-0.2, -0.15) is 13.2 Å². The summed E-state index contributed by atoms with van der Waals surface area (Å²) in [7, 11) is 1.43. The van der Waals surface area contributed by atoms with E-state index in [2.05, 4.69) is 9.97 Å². The summed E-state index contributed by atoms with van der Waals surface area (Å²) in [5.74, 6) is -0.0728. The van der Waals surface area contributed by atoms with Crippen molar-refractivity contribution in [1.29, 1.82) is 0 Å².